The molecular formula is C21H44N4O4S2. The fraction of sp³-hybridized carbons (Fsp3) is 1.00. The monoisotopic (exact) mass is 480 g/mol. The predicted molar refractivity (Wildman–Crippen MR) is 126 cm³/mol. The first-order chi connectivity index (χ1) is 14.4. The first-order valence-electron chi connectivity index (χ1n) is 11.8. The van der Waals surface area contributed by atoms with E-state index in [0.717, 1.165) is 55.5 Å². The molecule has 0 aromatic carbocycles. The lowest BCUT2D eigenvalue weighted by atomic mass is 9.68. The van der Waals surface area contributed by atoms with Crippen LogP contribution in [0.1, 0.15) is 77.6 Å². The van der Waals surface area contributed by atoms with Gasteiger partial charge >= 0.3 is 0 Å². The Hall–Kier alpha value is -0.260. The van der Waals surface area contributed by atoms with Crippen LogP contribution in [0, 0.1) is 16.7 Å². The van der Waals surface area contributed by atoms with Gasteiger partial charge in [-0.2, -0.15) is 4.31 Å². The molecule has 5 N–H and O–H groups in total. The number of sulfonamides is 2. The van der Waals surface area contributed by atoms with Gasteiger partial charge in [-0.1, -0.05) is 39.0 Å². The topological polar surface area (TPSA) is 136 Å². The summed E-state index contributed by atoms with van der Waals surface area (Å²) in [4.78, 5) is 0. The van der Waals surface area contributed by atoms with Gasteiger partial charge in [0.05, 0.1) is 6.26 Å². The molecule has 0 aromatic heterocycles. The minimum absolute atomic E-state index is 0.0226. The normalized spacial score (nSPS) is 27.5. The van der Waals surface area contributed by atoms with Crippen LogP contribution in [-0.4, -0.2) is 59.5 Å². The van der Waals surface area contributed by atoms with Crippen molar-refractivity contribution >= 4 is 20.0 Å². The molecule has 2 aliphatic rings. The molecule has 0 heterocycles. The van der Waals surface area contributed by atoms with Crippen molar-refractivity contribution in [3.8, 4) is 0 Å². The lowest BCUT2D eigenvalue weighted by Crippen LogP contribution is -2.44. The summed E-state index contributed by atoms with van der Waals surface area (Å²) in [5.74, 6) is 0.0580. The molecule has 2 rings (SSSR count). The van der Waals surface area contributed by atoms with E-state index in [0.29, 0.717) is 31.8 Å². The molecule has 0 saturated heterocycles. The standard InChI is InChI=1S/C21H44N4O4S2/c1-19-7-6-10-21(15-19,17-23)11-13-24-31(28,29)18-25(30(2,26)27)14-12-20(16-22)8-4-3-5-9-20/h19,24H,3-18,22-23H2,1-2H3/t19-,21+/m0/s1. The molecule has 0 amide bonds. The summed E-state index contributed by atoms with van der Waals surface area (Å²) in [5, 5.41) is 0. The Morgan fingerprint density at radius 1 is 0.935 bits per heavy atom. The summed E-state index contributed by atoms with van der Waals surface area (Å²) >= 11 is 0. The molecule has 2 atom stereocenters. The van der Waals surface area contributed by atoms with Crippen molar-refractivity contribution in [1.29, 1.82) is 0 Å². The van der Waals surface area contributed by atoms with Crippen molar-refractivity contribution < 1.29 is 16.8 Å². The Labute approximate surface area is 190 Å². The second kappa shape index (κ2) is 11.2. The van der Waals surface area contributed by atoms with Crippen molar-refractivity contribution in [2.45, 2.75) is 77.6 Å². The SMILES string of the molecule is C[C@H]1CCC[C@@](CN)(CCNS(=O)(=O)CN(CCC2(CN)CCCCC2)S(C)(=O)=O)C1. The maximum Gasteiger partial charge on any atom is 0.225 e. The molecule has 2 aliphatic carbocycles. The van der Waals surface area contributed by atoms with Crippen LogP contribution >= 0.6 is 0 Å². The summed E-state index contributed by atoms with van der Waals surface area (Å²) in [7, 11) is -7.42. The van der Waals surface area contributed by atoms with Crippen molar-refractivity contribution in [1.82, 2.24) is 9.03 Å². The number of hydrogen-bond donors (Lipinski definition) is 3. The molecule has 0 radical (unpaired) electrons. The van der Waals surface area contributed by atoms with E-state index in [1.807, 2.05) is 0 Å². The van der Waals surface area contributed by atoms with E-state index < -0.39 is 25.9 Å². The third-order valence-electron chi connectivity index (χ3n) is 7.62. The highest BCUT2D eigenvalue weighted by Gasteiger charge is 2.35. The highest BCUT2D eigenvalue weighted by molar-refractivity contribution is 7.92. The molecule has 0 unspecified atom stereocenters. The van der Waals surface area contributed by atoms with Crippen LogP contribution in [0.3, 0.4) is 0 Å². The molecule has 0 aromatic rings. The van der Waals surface area contributed by atoms with Gasteiger partial charge in [0.25, 0.3) is 0 Å². The zero-order valence-corrected chi connectivity index (χ0v) is 21.1. The molecule has 2 fully saturated rings. The van der Waals surface area contributed by atoms with Gasteiger partial charge in [0.2, 0.25) is 20.0 Å². The van der Waals surface area contributed by atoms with Crippen LogP contribution in [-0.2, 0) is 20.0 Å². The van der Waals surface area contributed by atoms with E-state index in [4.69, 9.17) is 11.5 Å². The largest absolute Gasteiger partial charge is 0.330 e. The van der Waals surface area contributed by atoms with E-state index >= 15 is 0 Å². The van der Waals surface area contributed by atoms with Crippen LogP contribution in [0.15, 0.2) is 0 Å². The number of nitrogens with two attached hydrogens (primary N) is 2. The maximum absolute atomic E-state index is 12.7. The highest BCUT2D eigenvalue weighted by atomic mass is 32.2. The second-order valence-corrected chi connectivity index (χ2v) is 14.0. The lowest BCUT2D eigenvalue weighted by Gasteiger charge is -2.39. The first kappa shape index (κ1) is 27.0. The van der Waals surface area contributed by atoms with Gasteiger partial charge in [0, 0.05) is 13.1 Å². The minimum atomic E-state index is -3.77. The average molecular weight is 481 g/mol. The maximum atomic E-state index is 12.7. The van der Waals surface area contributed by atoms with Gasteiger partial charge < -0.3 is 11.5 Å². The van der Waals surface area contributed by atoms with Gasteiger partial charge in [0.15, 0.2) is 0 Å². The zero-order valence-electron chi connectivity index (χ0n) is 19.4. The Bertz CT molecular complexity index is 766. The van der Waals surface area contributed by atoms with E-state index in [1.54, 1.807) is 0 Å². The van der Waals surface area contributed by atoms with Crippen LogP contribution in [0.25, 0.3) is 0 Å². The summed E-state index contributed by atoms with van der Waals surface area (Å²) in [5.41, 5.74) is 12.0. The van der Waals surface area contributed by atoms with Crippen molar-refractivity contribution in [2.24, 2.45) is 28.2 Å². The van der Waals surface area contributed by atoms with Gasteiger partial charge in [0.1, 0.15) is 5.88 Å². The summed E-state index contributed by atoms with van der Waals surface area (Å²) in [6.45, 7) is 3.75. The Morgan fingerprint density at radius 3 is 2.10 bits per heavy atom. The number of rotatable bonds is 12. The summed E-state index contributed by atoms with van der Waals surface area (Å²) in [6, 6.07) is 0. The van der Waals surface area contributed by atoms with Gasteiger partial charge in [-0.3, -0.25) is 0 Å². The molecular weight excluding hydrogens is 436 g/mol. The zero-order chi connectivity index (χ0) is 23.2. The third-order valence-corrected chi connectivity index (χ3v) is 10.3. The van der Waals surface area contributed by atoms with E-state index in [-0.39, 0.29) is 23.9 Å². The van der Waals surface area contributed by atoms with Crippen LogP contribution in [0.5, 0.6) is 0 Å². The molecule has 31 heavy (non-hydrogen) atoms. The van der Waals surface area contributed by atoms with Gasteiger partial charge in [-0.15, -0.1) is 0 Å². The second-order valence-electron chi connectivity index (χ2n) is 10.2. The number of nitrogens with zero attached hydrogens (tertiary/aromatic N) is 1. The molecule has 8 nitrogen and oxygen atoms in total. The molecule has 10 heteroatoms. The Balaban J connectivity index is 1.95. The van der Waals surface area contributed by atoms with E-state index in [9.17, 15) is 16.8 Å². The molecule has 0 spiro atoms. The van der Waals surface area contributed by atoms with E-state index in [1.165, 1.54) is 12.8 Å². The summed E-state index contributed by atoms with van der Waals surface area (Å²) in [6.07, 6.45) is 12.0. The quantitative estimate of drug-likeness (QED) is 0.391. The molecule has 184 valence electrons. The molecule has 2 saturated carbocycles. The molecule has 0 aliphatic heterocycles. The highest BCUT2D eigenvalue weighted by Crippen LogP contribution is 2.41. The molecule has 0 bridgehead atoms. The van der Waals surface area contributed by atoms with Crippen LogP contribution in [0.2, 0.25) is 0 Å². The Morgan fingerprint density at radius 2 is 1.55 bits per heavy atom. The predicted octanol–water partition coefficient (Wildman–Crippen LogP) is 1.97. The van der Waals surface area contributed by atoms with Gasteiger partial charge in [-0.25, -0.2) is 21.6 Å². The average Bonchev–Trinajstić information content (AvgIpc) is 2.71. The van der Waals surface area contributed by atoms with Gasteiger partial charge in [-0.05, 0) is 68.4 Å². The van der Waals surface area contributed by atoms with Crippen molar-refractivity contribution in [3.05, 3.63) is 0 Å². The summed E-state index contributed by atoms with van der Waals surface area (Å²) < 4.78 is 53.8. The fourth-order valence-corrected chi connectivity index (χ4v) is 8.15. The number of hydrogen-bond acceptors (Lipinski definition) is 6. The first-order valence-corrected chi connectivity index (χ1v) is 15.3. The van der Waals surface area contributed by atoms with Crippen LogP contribution < -0.4 is 16.2 Å². The third kappa shape index (κ3) is 8.23. The number of nitrogens with one attached hydrogen (secondary N) is 1. The smallest absolute Gasteiger partial charge is 0.225 e. The van der Waals surface area contributed by atoms with Crippen LogP contribution in [0.4, 0.5) is 0 Å². The van der Waals surface area contributed by atoms with E-state index in [2.05, 4.69) is 11.6 Å². The fourth-order valence-electron chi connectivity index (χ4n) is 5.54. The minimum Gasteiger partial charge on any atom is -0.330 e. The van der Waals surface area contributed by atoms with Crippen molar-refractivity contribution in [3.63, 3.8) is 0 Å². The van der Waals surface area contributed by atoms with Crippen molar-refractivity contribution in [2.75, 3.05) is 38.3 Å². The lowest BCUT2D eigenvalue weighted by molar-refractivity contribution is 0.143. The Kier molecular flexibility index (Phi) is 9.79.